The Bertz CT molecular complexity index is 372. The van der Waals surface area contributed by atoms with Crippen molar-refractivity contribution in [1.29, 1.82) is 0 Å². The van der Waals surface area contributed by atoms with Gasteiger partial charge in [-0.25, -0.2) is 4.79 Å². The maximum atomic E-state index is 12.4. The van der Waals surface area contributed by atoms with E-state index in [-0.39, 0.29) is 6.03 Å². The smallest absolute Gasteiger partial charge is 0.320 e. The van der Waals surface area contributed by atoms with Crippen LogP contribution in [0.2, 0.25) is 0 Å². The molecule has 0 aromatic heterocycles. The van der Waals surface area contributed by atoms with E-state index in [0.29, 0.717) is 31.5 Å². The van der Waals surface area contributed by atoms with Gasteiger partial charge in [0.2, 0.25) is 0 Å². The fourth-order valence-electron chi connectivity index (χ4n) is 3.11. The molecular weight excluding hydrogens is 246 g/mol. The zero-order valence-electron chi connectivity index (χ0n) is 11.9. The molecule has 2 saturated heterocycles. The van der Waals surface area contributed by atoms with Crippen LogP contribution in [0.4, 0.5) is 4.79 Å². The second kappa shape index (κ2) is 5.36. The van der Waals surface area contributed by atoms with Gasteiger partial charge in [-0.2, -0.15) is 0 Å². The summed E-state index contributed by atoms with van der Waals surface area (Å²) in [4.78, 5) is 29.0. The van der Waals surface area contributed by atoms with Crippen LogP contribution in [-0.2, 0) is 4.79 Å². The van der Waals surface area contributed by atoms with Crippen LogP contribution in [0.3, 0.4) is 0 Å². The highest BCUT2D eigenvalue weighted by Gasteiger charge is 2.38. The lowest BCUT2D eigenvalue weighted by Crippen LogP contribution is -2.42. The lowest BCUT2D eigenvalue weighted by atomic mass is 10.1. The summed E-state index contributed by atoms with van der Waals surface area (Å²) in [5.41, 5.74) is 0. The molecule has 3 atom stereocenters. The molecule has 19 heavy (non-hydrogen) atoms. The first-order chi connectivity index (χ1) is 8.90. The molecule has 1 N–H and O–H groups in total. The van der Waals surface area contributed by atoms with Crippen molar-refractivity contribution in [3.05, 3.63) is 0 Å². The van der Waals surface area contributed by atoms with E-state index in [1.54, 1.807) is 4.90 Å². The standard InChI is InChI=1S/C13H23N3O3/c1-9-6-16(8-11(9)14(2)3)13(19)15-5-4-10(7-15)12(17)18/h9-11H,4-8H2,1-3H3,(H,17,18). The second-order valence-corrected chi connectivity index (χ2v) is 5.97. The highest BCUT2D eigenvalue weighted by molar-refractivity contribution is 5.77. The summed E-state index contributed by atoms with van der Waals surface area (Å²) in [5.74, 6) is -0.735. The van der Waals surface area contributed by atoms with Gasteiger partial charge in [-0.1, -0.05) is 6.92 Å². The van der Waals surface area contributed by atoms with Gasteiger partial charge >= 0.3 is 12.0 Å². The average Bonchev–Trinajstić information content (AvgIpc) is 2.94. The molecule has 0 radical (unpaired) electrons. The molecule has 6 heteroatoms. The number of carbonyl (C=O) groups is 2. The molecule has 2 rings (SSSR count). The number of likely N-dealkylation sites (tertiary alicyclic amines) is 2. The summed E-state index contributed by atoms with van der Waals surface area (Å²) in [5, 5.41) is 8.98. The summed E-state index contributed by atoms with van der Waals surface area (Å²) in [6.45, 7) is 4.57. The molecular formula is C13H23N3O3. The van der Waals surface area contributed by atoms with E-state index in [9.17, 15) is 9.59 Å². The predicted octanol–water partition coefficient (Wildman–Crippen LogP) is 0.395. The first-order valence-corrected chi connectivity index (χ1v) is 6.83. The van der Waals surface area contributed by atoms with Gasteiger partial charge < -0.3 is 19.8 Å². The van der Waals surface area contributed by atoms with E-state index in [0.717, 1.165) is 13.1 Å². The zero-order valence-corrected chi connectivity index (χ0v) is 11.9. The largest absolute Gasteiger partial charge is 0.481 e. The van der Waals surface area contributed by atoms with Crippen LogP contribution in [0.1, 0.15) is 13.3 Å². The van der Waals surface area contributed by atoms with Crippen molar-refractivity contribution in [3.63, 3.8) is 0 Å². The summed E-state index contributed by atoms with van der Waals surface area (Å²) >= 11 is 0. The SMILES string of the molecule is CC1CN(C(=O)N2CCC(C(=O)O)C2)CC1N(C)C. The van der Waals surface area contributed by atoms with Gasteiger partial charge in [0.25, 0.3) is 0 Å². The second-order valence-electron chi connectivity index (χ2n) is 5.97. The van der Waals surface area contributed by atoms with Gasteiger partial charge in [0, 0.05) is 32.2 Å². The third kappa shape index (κ3) is 2.83. The molecule has 0 saturated carbocycles. The van der Waals surface area contributed by atoms with Crippen molar-refractivity contribution in [2.75, 3.05) is 40.3 Å². The Morgan fingerprint density at radius 3 is 2.32 bits per heavy atom. The normalized spacial score (nSPS) is 31.3. The number of hydrogen-bond donors (Lipinski definition) is 1. The molecule has 2 heterocycles. The first kappa shape index (κ1) is 14.1. The van der Waals surface area contributed by atoms with Crippen molar-refractivity contribution in [1.82, 2.24) is 14.7 Å². The fourth-order valence-corrected chi connectivity index (χ4v) is 3.11. The summed E-state index contributed by atoms with van der Waals surface area (Å²) in [7, 11) is 4.07. The van der Waals surface area contributed by atoms with Crippen LogP contribution >= 0.6 is 0 Å². The average molecular weight is 269 g/mol. The van der Waals surface area contributed by atoms with E-state index in [1.165, 1.54) is 0 Å². The first-order valence-electron chi connectivity index (χ1n) is 6.83. The van der Waals surface area contributed by atoms with E-state index < -0.39 is 11.9 Å². The lowest BCUT2D eigenvalue weighted by Gasteiger charge is -2.25. The number of urea groups is 1. The summed E-state index contributed by atoms with van der Waals surface area (Å²) in [6.07, 6.45) is 0.571. The Morgan fingerprint density at radius 2 is 1.84 bits per heavy atom. The highest BCUT2D eigenvalue weighted by atomic mass is 16.4. The predicted molar refractivity (Wildman–Crippen MR) is 70.9 cm³/mol. The quantitative estimate of drug-likeness (QED) is 0.788. The van der Waals surface area contributed by atoms with Crippen molar-refractivity contribution in [2.45, 2.75) is 19.4 Å². The Morgan fingerprint density at radius 1 is 1.16 bits per heavy atom. The van der Waals surface area contributed by atoms with Crippen LogP contribution < -0.4 is 0 Å². The Hall–Kier alpha value is -1.30. The summed E-state index contributed by atoms with van der Waals surface area (Å²) < 4.78 is 0. The maximum Gasteiger partial charge on any atom is 0.320 e. The Balaban J connectivity index is 1.93. The number of amides is 2. The van der Waals surface area contributed by atoms with Crippen molar-refractivity contribution in [3.8, 4) is 0 Å². The molecule has 0 aromatic rings. The minimum Gasteiger partial charge on any atom is -0.481 e. The molecule has 2 amide bonds. The van der Waals surface area contributed by atoms with Gasteiger partial charge in [-0.3, -0.25) is 4.79 Å². The molecule has 3 unspecified atom stereocenters. The highest BCUT2D eigenvalue weighted by Crippen LogP contribution is 2.24. The molecule has 0 aromatic carbocycles. The van der Waals surface area contributed by atoms with Crippen LogP contribution in [0.5, 0.6) is 0 Å². The number of nitrogens with zero attached hydrogens (tertiary/aromatic N) is 3. The number of aliphatic carboxylic acids is 1. The minimum atomic E-state index is -0.795. The van der Waals surface area contributed by atoms with Crippen molar-refractivity contribution in [2.24, 2.45) is 11.8 Å². The number of likely N-dealkylation sites (N-methyl/N-ethyl adjacent to an activating group) is 1. The van der Waals surface area contributed by atoms with Gasteiger partial charge in [0.15, 0.2) is 0 Å². The molecule has 2 aliphatic heterocycles. The third-order valence-electron chi connectivity index (χ3n) is 4.31. The number of carboxylic acid groups (broad SMARTS) is 1. The lowest BCUT2D eigenvalue weighted by molar-refractivity contribution is -0.141. The maximum absolute atomic E-state index is 12.4. The topological polar surface area (TPSA) is 64.1 Å². The van der Waals surface area contributed by atoms with E-state index in [4.69, 9.17) is 5.11 Å². The Labute approximate surface area is 114 Å². The molecule has 0 aliphatic carbocycles. The van der Waals surface area contributed by atoms with Gasteiger partial charge in [-0.15, -0.1) is 0 Å². The van der Waals surface area contributed by atoms with Gasteiger partial charge in [0.1, 0.15) is 0 Å². The van der Waals surface area contributed by atoms with E-state index in [1.807, 2.05) is 19.0 Å². The molecule has 2 fully saturated rings. The van der Waals surface area contributed by atoms with E-state index in [2.05, 4.69) is 11.8 Å². The molecule has 108 valence electrons. The number of rotatable bonds is 2. The van der Waals surface area contributed by atoms with Gasteiger partial charge in [-0.05, 0) is 26.4 Å². The third-order valence-corrected chi connectivity index (χ3v) is 4.31. The summed E-state index contributed by atoms with van der Waals surface area (Å²) in [6, 6.07) is 0.391. The molecule has 0 spiro atoms. The number of carbonyl (C=O) groups excluding carboxylic acids is 1. The molecule has 2 aliphatic rings. The van der Waals surface area contributed by atoms with Crippen LogP contribution in [0, 0.1) is 11.8 Å². The van der Waals surface area contributed by atoms with Crippen molar-refractivity contribution < 1.29 is 14.7 Å². The van der Waals surface area contributed by atoms with E-state index >= 15 is 0 Å². The number of carboxylic acids is 1. The zero-order chi connectivity index (χ0) is 14.2. The Kier molecular flexibility index (Phi) is 3.99. The molecule has 0 bridgehead atoms. The van der Waals surface area contributed by atoms with Crippen LogP contribution in [0.15, 0.2) is 0 Å². The fraction of sp³-hybridized carbons (Fsp3) is 0.846. The number of hydrogen-bond acceptors (Lipinski definition) is 3. The van der Waals surface area contributed by atoms with Gasteiger partial charge in [0.05, 0.1) is 5.92 Å². The van der Waals surface area contributed by atoms with Crippen molar-refractivity contribution >= 4 is 12.0 Å². The monoisotopic (exact) mass is 269 g/mol. The minimum absolute atomic E-state index is 0.0000463. The molecule has 6 nitrogen and oxygen atoms in total. The van der Waals surface area contributed by atoms with Crippen LogP contribution in [0.25, 0.3) is 0 Å². The van der Waals surface area contributed by atoms with Crippen LogP contribution in [-0.4, -0.2) is 78.1 Å².